The van der Waals surface area contributed by atoms with Gasteiger partial charge in [0.1, 0.15) is 0 Å². The molecule has 0 fully saturated rings. The minimum absolute atomic E-state index is 0.0794. The molecule has 0 unspecified atom stereocenters. The lowest BCUT2D eigenvalue weighted by molar-refractivity contribution is -0.385. The van der Waals surface area contributed by atoms with Crippen LogP contribution in [0.4, 0.5) is 11.4 Å². The zero-order chi connectivity index (χ0) is 18.6. The van der Waals surface area contributed by atoms with E-state index in [1.807, 2.05) is 26.0 Å². The summed E-state index contributed by atoms with van der Waals surface area (Å²) in [5.74, 6) is -1.17. The fourth-order valence-electron chi connectivity index (χ4n) is 2.27. The maximum Gasteiger partial charge on any atom is 0.338 e. The molecule has 0 heterocycles. The number of anilines is 1. The molecule has 130 valence electrons. The van der Waals surface area contributed by atoms with Crippen LogP contribution in [0.2, 0.25) is 0 Å². The first-order valence-corrected chi connectivity index (χ1v) is 7.58. The molecular formula is C18H18N2O5. The highest BCUT2D eigenvalue weighted by molar-refractivity contribution is 5.96. The quantitative estimate of drug-likeness (QED) is 0.510. The zero-order valence-electron chi connectivity index (χ0n) is 14.2. The Morgan fingerprint density at radius 2 is 1.84 bits per heavy atom. The van der Waals surface area contributed by atoms with Gasteiger partial charge in [0.2, 0.25) is 0 Å². The van der Waals surface area contributed by atoms with Crippen LogP contribution in [0.15, 0.2) is 36.4 Å². The molecule has 0 aliphatic heterocycles. The zero-order valence-corrected chi connectivity index (χ0v) is 14.2. The monoisotopic (exact) mass is 342 g/mol. The maximum atomic E-state index is 12.0. The summed E-state index contributed by atoms with van der Waals surface area (Å²) in [6.07, 6.45) is 0. The Kier molecular flexibility index (Phi) is 5.49. The van der Waals surface area contributed by atoms with Gasteiger partial charge >= 0.3 is 5.97 Å². The van der Waals surface area contributed by atoms with Gasteiger partial charge in [-0.3, -0.25) is 14.9 Å². The van der Waals surface area contributed by atoms with Crippen LogP contribution in [0, 0.1) is 30.9 Å². The Morgan fingerprint density at radius 1 is 1.12 bits per heavy atom. The number of amides is 1. The predicted molar refractivity (Wildman–Crippen MR) is 92.7 cm³/mol. The van der Waals surface area contributed by atoms with E-state index < -0.39 is 23.4 Å². The van der Waals surface area contributed by atoms with E-state index in [4.69, 9.17) is 4.74 Å². The number of carbonyl (C=O) groups excluding carboxylic acids is 2. The van der Waals surface area contributed by atoms with Crippen molar-refractivity contribution in [3.8, 4) is 0 Å². The lowest BCUT2D eigenvalue weighted by Gasteiger charge is -2.10. The highest BCUT2D eigenvalue weighted by Gasteiger charge is 2.16. The minimum Gasteiger partial charge on any atom is -0.452 e. The van der Waals surface area contributed by atoms with Crippen LogP contribution < -0.4 is 5.32 Å². The molecule has 0 radical (unpaired) electrons. The molecule has 0 aliphatic rings. The van der Waals surface area contributed by atoms with Gasteiger partial charge in [-0.25, -0.2) is 4.79 Å². The van der Waals surface area contributed by atoms with Crippen LogP contribution >= 0.6 is 0 Å². The third-order valence-electron chi connectivity index (χ3n) is 3.84. The summed E-state index contributed by atoms with van der Waals surface area (Å²) in [6.45, 7) is 4.91. The maximum absolute atomic E-state index is 12.0. The molecule has 2 rings (SSSR count). The predicted octanol–water partition coefficient (Wildman–Crippen LogP) is 3.32. The van der Waals surface area contributed by atoms with E-state index in [9.17, 15) is 19.7 Å². The van der Waals surface area contributed by atoms with Gasteiger partial charge in [0.15, 0.2) is 6.61 Å². The first-order chi connectivity index (χ1) is 11.8. The summed E-state index contributed by atoms with van der Waals surface area (Å²) >= 11 is 0. The van der Waals surface area contributed by atoms with Crippen LogP contribution in [0.3, 0.4) is 0 Å². The number of nitrogens with one attached hydrogen (secondary N) is 1. The number of nitro benzene ring substituents is 1. The molecule has 0 saturated carbocycles. The van der Waals surface area contributed by atoms with Gasteiger partial charge in [-0.05, 0) is 50.1 Å². The fourth-order valence-corrected chi connectivity index (χ4v) is 2.27. The summed E-state index contributed by atoms with van der Waals surface area (Å²) in [6, 6.07) is 9.43. The van der Waals surface area contributed by atoms with Crippen LogP contribution in [0.5, 0.6) is 0 Å². The number of carbonyl (C=O) groups is 2. The van der Waals surface area contributed by atoms with Crippen molar-refractivity contribution in [3.63, 3.8) is 0 Å². The minimum atomic E-state index is -0.714. The van der Waals surface area contributed by atoms with Crippen LogP contribution in [0.25, 0.3) is 0 Å². The number of esters is 1. The number of hydrogen-bond donors (Lipinski definition) is 1. The van der Waals surface area contributed by atoms with E-state index in [-0.39, 0.29) is 11.3 Å². The average Bonchev–Trinajstić information content (AvgIpc) is 2.56. The fraction of sp³-hybridized carbons (Fsp3) is 0.222. The Balaban J connectivity index is 1.97. The number of nitro groups is 1. The largest absolute Gasteiger partial charge is 0.452 e. The number of benzene rings is 2. The second-order valence-electron chi connectivity index (χ2n) is 5.63. The number of ether oxygens (including phenoxy) is 1. The van der Waals surface area contributed by atoms with Crippen molar-refractivity contribution in [2.75, 3.05) is 11.9 Å². The van der Waals surface area contributed by atoms with Crippen LogP contribution in [0.1, 0.15) is 27.0 Å². The van der Waals surface area contributed by atoms with Gasteiger partial charge in [0, 0.05) is 17.3 Å². The van der Waals surface area contributed by atoms with E-state index >= 15 is 0 Å². The van der Waals surface area contributed by atoms with Crippen molar-refractivity contribution in [2.45, 2.75) is 20.8 Å². The topological polar surface area (TPSA) is 98.5 Å². The molecule has 0 saturated heterocycles. The highest BCUT2D eigenvalue weighted by Crippen LogP contribution is 2.20. The highest BCUT2D eigenvalue weighted by atomic mass is 16.6. The molecule has 0 atom stereocenters. The van der Waals surface area contributed by atoms with Gasteiger partial charge in [0.25, 0.3) is 11.6 Å². The average molecular weight is 342 g/mol. The molecule has 0 aliphatic carbocycles. The second kappa shape index (κ2) is 7.57. The lowest BCUT2D eigenvalue weighted by Crippen LogP contribution is -2.21. The van der Waals surface area contributed by atoms with E-state index in [2.05, 4.69) is 5.32 Å². The van der Waals surface area contributed by atoms with Gasteiger partial charge in [-0.2, -0.15) is 0 Å². The number of nitrogens with zero attached hydrogens (tertiary/aromatic N) is 1. The third kappa shape index (κ3) is 4.41. The molecule has 0 aromatic heterocycles. The van der Waals surface area contributed by atoms with Gasteiger partial charge in [0.05, 0.1) is 10.5 Å². The molecule has 1 N–H and O–H groups in total. The van der Waals surface area contributed by atoms with Crippen molar-refractivity contribution in [2.24, 2.45) is 0 Å². The first-order valence-electron chi connectivity index (χ1n) is 7.58. The molecule has 0 spiro atoms. The van der Waals surface area contributed by atoms with E-state index in [1.54, 1.807) is 6.07 Å². The summed E-state index contributed by atoms with van der Waals surface area (Å²) in [5, 5.41) is 13.5. The molecule has 25 heavy (non-hydrogen) atoms. The summed E-state index contributed by atoms with van der Waals surface area (Å²) in [7, 11) is 0. The SMILES string of the molecule is Cc1cc(C(=O)OCC(=O)Nc2cccc(C)c2C)ccc1[N+](=O)[O-]. The number of aryl methyl sites for hydroxylation is 2. The smallest absolute Gasteiger partial charge is 0.338 e. The van der Waals surface area contributed by atoms with E-state index in [0.717, 1.165) is 11.1 Å². The molecule has 2 aromatic rings. The van der Waals surface area contributed by atoms with E-state index in [1.165, 1.54) is 25.1 Å². The van der Waals surface area contributed by atoms with E-state index in [0.29, 0.717) is 11.3 Å². The summed E-state index contributed by atoms with van der Waals surface area (Å²) in [5.41, 5.74) is 3.06. The lowest BCUT2D eigenvalue weighted by atomic mass is 10.1. The van der Waals surface area contributed by atoms with Crippen molar-refractivity contribution in [1.29, 1.82) is 0 Å². The number of rotatable bonds is 5. The Labute approximate surface area is 144 Å². The standard InChI is InChI=1S/C18H18N2O5/c1-11-5-4-6-15(13(11)3)19-17(21)10-25-18(22)14-7-8-16(20(23)24)12(2)9-14/h4-9H,10H2,1-3H3,(H,19,21). The van der Waals surface area contributed by atoms with Crippen molar-refractivity contribution >= 4 is 23.3 Å². The molecule has 2 aromatic carbocycles. The normalized spacial score (nSPS) is 10.2. The Bertz CT molecular complexity index is 845. The molecule has 7 heteroatoms. The third-order valence-corrected chi connectivity index (χ3v) is 3.84. The van der Waals surface area contributed by atoms with Crippen LogP contribution in [-0.2, 0) is 9.53 Å². The summed E-state index contributed by atoms with van der Waals surface area (Å²) in [4.78, 5) is 34.2. The molecular weight excluding hydrogens is 324 g/mol. The van der Waals surface area contributed by atoms with Gasteiger partial charge in [-0.15, -0.1) is 0 Å². The first kappa shape index (κ1) is 18.1. The van der Waals surface area contributed by atoms with Crippen molar-refractivity contribution in [3.05, 3.63) is 68.8 Å². The molecule has 0 bridgehead atoms. The second-order valence-corrected chi connectivity index (χ2v) is 5.63. The van der Waals surface area contributed by atoms with Crippen molar-refractivity contribution in [1.82, 2.24) is 0 Å². The van der Waals surface area contributed by atoms with Crippen LogP contribution in [-0.4, -0.2) is 23.4 Å². The summed E-state index contributed by atoms with van der Waals surface area (Å²) < 4.78 is 4.97. The molecule has 1 amide bonds. The van der Waals surface area contributed by atoms with Crippen molar-refractivity contribution < 1.29 is 19.2 Å². The molecule has 7 nitrogen and oxygen atoms in total. The Morgan fingerprint density at radius 3 is 2.48 bits per heavy atom. The Hall–Kier alpha value is -3.22. The van der Waals surface area contributed by atoms with Gasteiger partial charge in [-0.1, -0.05) is 12.1 Å². The van der Waals surface area contributed by atoms with Gasteiger partial charge < -0.3 is 10.1 Å². The number of hydrogen-bond acceptors (Lipinski definition) is 5.